The van der Waals surface area contributed by atoms with E-state index < -0.39 is 0 Å². The van der Waals surface area contributed by atoms with Crippen LogP contribution in [0.1, 0.15) is 52.0 Å². The van der Waals surface area contributed by atoms with Gasteiger partial charge in [-0.2, -0.15) is 0 Å². The van der Waals surface area contributed by atoms with Gasteiger partial charge >= 0.3 is 0 Å². The van der Waals surface area contributed by atoms with Gasteiger partial charge in [0.15, 0.2) is 11.5 Å². The number of halogens is 1. The van der Waals surface area contributed by atoms with Crippen molar-refractivity contribution in [3.63, 3.8) is 0 Å². The second kappa shape index (κ2) is 9.57. The molecule has 2 amide bonds. The number of hydrogen-bond acceptors (Lipinski definition) is 4. The number of amides is 2. The van der Waals surface area contributed by atoms with Crippen molar-refractivity contribution in [2.45, 2.75) is 52.6 Å². The molecule has 1 aliphatic carbocycles. The van der Waals surface area contributed by atoms with Gasteiger partial charge in [-0.3, -0.25) is 9.59 Å². The number of nitrogens with one attached hydrogen (secondary N) is 1. The summed E-state index contributed by atoms with van der Waals surface area (Å²) in [6.07, 6.45) is 2.03. The minimum atomic E-state index is -0.313. The Kier molecular flexibility index (Phi) is 6.58. The molecule has 172 valence electrons. The smallest absolute Gasteiger partial charge is 0.276 e. The van der Waals surface area contributed by atoms with Gasteiger partial charge in [-0.1, -0.05) is 35.0 Å². The predicted molar refractivity (Wildman–Crippen MR) is 123 cm³/mol. The Bertz CT molecular complexity index is 1140. The van der Waals surface area contributed by atoms with Crippen molar-refractivity contribution in [2.75, 3.05) is 6.54 Å². The van der Waals surface area contributed by atoms with Crippen LogP contribution in [-0.4, -0.2) is 34.5 Å². The minimum Gasteiger partial charge on any atom is -0.355 e. The summed E-state index contributed by atoms with van der Waals surface area (Å²) in [6.45, 7) is 6.70. The van der Waals surface area contributed by atoms with Gasteiger partial charge in [-0.15, -0.1) is 0 Å². The Labute approximate surface area is 192 Å². The lowest BCUT2D eigenvalue weighted by molar-refractivity contribution is -0.121. The first-order valence-electron chi connectivity index (χ1n) is 11.2. The fourth-order valence-electron chi connectivity index (χ4n) is 4.16. The normalized spacial score (nSPS) is 13.1. The highest BCUT2D eigenvalue weighted by Crippen LogP contribution is 2.31. The van der Waals surface area contributed by atoms with Crippen molar-refractivity contribution in [3.8, 4) is 11.3 Å². The zero-order chi connectivity index (χ0) is 23.5. The molecule has 1 heterocycles. The molecule has 2 aromatic carbocycles. The Morgan fingerprint density at radius 3 is 2.39 bits per heavy atom. The summed E-state index contributed by atoms with van der Waals surface area (Å²) in [6, 6.07) is 12.0. The van der Waals surface area contributed by atoms with E-state index in [0.29, 0.717) is 18.8 Å². The molecule has 33 heavy (non-hydrogen) atoms. The Hall–Kier alpha value is -3.48. The third-order valence-corrected chi connectivity index (χ3v) is 5.88. The Morgan fingerprint density at radius 1 is 1.09 bits per heavy atom. The number of hydrogen-bond donors (Lipinski definition) is 1. The third-order valence-electron chi connectivity index (χ3n) is 5.88. The van der Waals surface area contributed by atoms with E-state index in [-0.39, 0.29) is 35.8 Å². The van der Waals surface area contributed by atoms with Crippen LogP contribution in [-0.2, 0) is 11.3 Å². The van der Waals surface area contributed by atoms with E-state index in [1.807, 2.05) is 20.8 Å². The van der Waals surface area contributed by atoms with Crippen molar-refractivity contribution in [1.82, 2.24) is 15.4 Å². The molecule has 0 aliphatic heterocycles. The lowest BCUT2D eigenvalue weighted by Crippen LogP contribution is -2.37. The Balaban J connectivity index is 1.39. The van der Waals surface area contributed by atoms with E-state index in [1.165, 1.54) is 17.7 Å². The zero-order valence-electron chi connectivity index (χ0n) is 19.2. The molecule has 0 bridgehead atoms. The van der Waals surface area contributed by atoms with E-state index in [1.54, 1.807) is 23.1 Å². The summed E-state index contributed by atoms with van der Waals surface area (Å²) in [4.78, 5) is 27.2. The SMILES string of the molecule is Cc1cc(C)c(-c2cc(C(=O)N(CCC(=O)NCc3ccc(F)cc3)C3CC3)no2)c(C)c1. The lowest BCUT2D eigenvalue weighted by Gasteiger charge is -2.21. The van der Waals surface area contributed by atoms with E-state index in [2.05, 4.69) is 22.6 Å². The van der Waals surface area contributed by atoms with Crippen LogP contribution in [0, 0.1) is 26.6 Å². The molecule has 0 atom stereocenters. The molecule has 6 nitrogen and oxygen atoms in total. The van der Waals surface area contributed by atoms with Gasteiger partial charge < -0.3 is 14.7 Å². The summed E-state index contributed by atoms with van der Waals surface area (Å²) >= 11 is 0. The van der Waals surface area contributed by atoms with E-state index >= 15 is 0 Å². The predicted octanol–water partition coefficient (Wildman–Crippen LogP) is 4.72. The number of benzene rings is 2. The first kappa shape index (κ1) is 22.7. The van der Waals surface area contributed by atoms with Crippen molar-refractivity contribution < 1.29 is 18.5 Å². The highest BCUT2D eigenvalue weighted by Gasteiger charge is 2.34. The van der Waals surface area contributed by atoms with Crippen LogP contribution in [0.5, 0.6) is 0 Å². The molecule has 1 saturated carbocycles. The minimum absolute atomic E-state index is 0.130. The number of rotatable bonds is 8. The number of nitrogens with zero attached hydrogens (tertiary/aromatic N) is 2. The molecule has 7 heteroatoms. The van der Waals surface area contributed by atoms with Crippen LogP contribution in [0.3, 0.4) is 0 Å². The molecule has 0 unspecified atom stereocenters. The van der Waals surface area contributed by atoms with Crippen LogP contribution in [0.25, 0.3) is 11.3 Å². The maximum atomic E-state index is 13.2. The van der Waals surface area contributed by atoms with E-state index in [9.17, 15) is 14.0 Å². The molecule has 0 spiro atoms. The van der Waals surface area contributed by atoms with Gasteiger partial charge in [0.2, 0.25) is 5.91 Å². The Morgan fingerprint density at radius 2 is 1.76 bits per heavy atom. The highest BCUT2D eigenvalue weighted by molar-refractivity contribution is 5.94. The first-order chi connectivity index (χ1) is 15.8. The van der Waals surface area contributed by atoms with Gasteiger partial charge in [0.25, 0.3) is 5.91 Å². The average Bonchev–Trinajstić information content (AvgIpc) is 3.49. The van der Waals surface area contributed by atoms with Gasteiger partial charge in [0.05, 0.1) is 0 Å². The fraction of sp³-hybridized carbons (Fsp3) is 0.346. The van der Waals surface area contributed by atoms with Crippen molar-refractivity contribution in [2.24, 2.45) is 0 Å². The topological polar surface area (TPSA) is 75.4 Å². The van der Waals surface area contributed by atoms with Crippen LogP contribution in [0.2, 0.25) is 0 Å². The van der Waals surface area contributed by atoms with Crippen LogP contribution in [0.4, 0.5) is 4.39 Å². The summed E-state index contributed by atoms with van der Waals surface area (Å²) in [5, 5.41) is 6.86. The molecule has 1 aromatic heterocycles. The molecule has 4 rings (SSSR count). The van der Waals surface area contributed by atoms with Crippen molar-refractivity contribution in [3.05, 3.63) is 76.2 Å². The second-order valence-corrected chi connectivity index (χ2v) is 8.73. The largest absolute Gasteiger partial charge is 0.355 e. The first-order valence-corrected chi connectivity index (χ1v) is 11.2. The van der Waals surface area contributed by atoms with Crippen LogP contribution >= 0.6 is 0 Å². The van der Waals surface area contributed by atoms with E-state index in [4.69, 9.17) is 4.52 Å². The molecular weight excluding hydrogens is 421 g/mol. The molecular formula is C26H28FN3O3. The summed E-state index contributed by atoms with van der Waals surface area (Å²) in [5.74, 6) is -0.126. The van der Waals surface area contributed by atoms with E-state index in [0.717, 1.165) is 35.1 Å². The van der Waals surface area contributed by atoms with Crippen molar-refractivity contribution in [1.29, 1.82) is 0 Å². The summed E-state index contributed by atoms with van der Waals surface area (Å²) in [7, 11) is 0. The maximum Gasteiger partial charge on any atom is 0.276 e. The van der Waals surface area contributed by atoms with Gasteiger partial charge in [0, 0.05) is 37.2 Å². The highest BCUT2D eigenvalue weighted by atomic mass is 19.1. The number of aryl methyl sites for hydroxylation is 3. The zero-order valence-corrected chi connectivity index (χ0v) is 19.2. The van der Waals surface area contributed by atoms with Gasteiger partial charge in [-0.05, 0) is 62.4 Å². The average molecular weight is 450 g/mol. The third kappa shape index (κ3) is 5.48. The molecule has 3 aromatic rings. The van der Waals surface area contributed by atoms with Crippen molar-refractivity contribution >= 4 is 11.8 Å². The standard InChI is InChI=1S/C26H28FN3O3/c1-16-12-17(2)25(18(3)13-16)23-14-22(29-33-23)26(32)30(21-8-9-21)11-10-24(31)28-15-19-4-6-20(27)7-5-19/h4-7,12-14,21H,8-11,15H2,1-3H3,(H,28,31). The summed E-state index contributed by atoms with van der Waals surface area (Å²) in [5.41, 5.74) is 5.33. The molecule has 1 fully saturated rings. The monoisotopic (exact) mass is 449 g/mol. The fourth-order valence-corrected chi connectivity index (χ4v) is 4.16. The number of carbonyl (C=O) groups is 2. The molecule has 1 aliphatic rings. The molecule has 0 radical (unpaired) electrons. The second-order valence-electron chi connectivity index (χ2n) is 8.73. The molecule has 0 saturated heterocycles. The van der Waals surface area contributed by atoms with Gasteiger partial charge in [-0.25, -0.2) is 4.39 Å². The number of carbonyl (C=O) groups excluding carboxylic acids is 2. The summed E-state index contributed by atoms with van der Waals surface area (Å²) < 4.78 is 18.6. The maximum absolute atomic E-state index is 13.2. The number of aromatic nitrogens is 1. The van der Waals surface area contributed by atoms with Gasteiger partial charge in [0.1, 0.15) is 5.82 Å². The molecule has 1 N–H and O–H groups in total. The van der Waals surface area contributed by atoms with Crippen LogP contribution < -0.4 is 5.32 Å². The quantitative estimate of drug-likeness (QED) is 0.540. The lowest BCUT2D eigenvalue weighted by atomic mass is 9.98. The van der Waals surface area contributed by atoms with Crippen LogP contribution in [0.15, 0.2) is 47.0 Å².